The summed E-state index contributed by atoms with van der Waals surface area (Å²) < 4.78 is 1.74. The van der Waals surface area contributed by atoms with Gasteiger partial charge in [-0.25, -0.2) is 4.68 Å². The van der Waals surface area contributed by atoms with Gasteiger partial charge >= 0.3 is 0 Å². The Morgan fingerprint density at radius 3 is 2.90 bits per heavy atom. The van der Waals surface area contributed by atoms with Crippen LogP contribution in [0.1, 0.15) is 36.2 Å². The van der Waals surface area contributed by atoms with Crippen LogP contribution in [0.2, 0.25) is 0 Å². The third-order valence-electron chi connectivity index (χ3n) is 4.11. The molecular formula is C17H21N3O. The van der Waals surface area contributed by atoms with Gasteiger partial charge in [0, 0.05) is 6.42 Å². The Morgan fingerprint density at radius 2 is 2.14 bits per heavy atom. The normalized spacial score (nSPS) is 18.6. The molecule has 21 heavy (non-hydrogen) atoms. The molecule has 1 aliphatic rings. The van der Waals surface area contributed by atoms with Gasteiger partial charge in [0.05, 0.1) is 11.9 Å². The van der Waals surface area contributed by atoms with E-state index in [1.807, 2.05) is 36.4 Å². The van der Waals surface area contributed by atoms with Crippen LogP contribution in [0.5, 0.6) is 0 Å². The fraction of sp³-hybridized carbons (Fsp3) is 0.412. The molecule has 1 unspecified atom stereocenters. The third-order valence-corrected chi connectivity index (χ3v) is 4.11. The number of aromatic nitrogens is 2. The Morgan fingerprint density at radius 1 is 1.29 bits per heavy atom. The van der Waals surface area contributed by atoms with Gasteiger partial charge in [0.15, 0.2) is 5.78 Å². The summed E-state index contributed by atoms with van der Waals surface area (Å²) in [5, 5.41) is 7.69. The lowest BCUT2D eigenvalue weighted by atomic mass is 9.93. The first kappa shape index (κ1) is 14.0. The van der Waals surface area contributed by atoms with Crippen LogP contribution in [-0.2, 0) is 0 Å². The zero-order chi connectivity index (χ0) is 14.5. The van der Waals surface area contributed by atoms with Crippen molar-refractivity contribution in [3.05, 3.63) is 48.3 Å². The van der Waals surface area contributed by atoms with E-state index in [0.717, 1.165) is 25.2 Å². The maximum Gasteiger partial charge on any atom is 0.181 e. The molecule has 0 spiro atoms. The zero-order valence-corrected chi connectivity index (χ0v) is 12.2. The summed E-state index contributed by atoms with van der Waals surface area (Å²) in [6, 6.07) is 11.6. The number of hydrogen-bond acceptors (Lipinski definition) is 3. The van der Waals surface area contributed by atoms with Gasteiger partial charge in [-0.15, -0.1) is 0 Å². The Labute approximate surface area is 125 Å². The number of nitrogens with one attached hydrogen (secondary N) is 1. The number of nitrogens with zero attached hydrogens (tertiary/aromatic N) is 2. The van der Waals surface area contributed by atoms with Crippen LogP contribution < -0.4 is 5.32 Å². The van der Waals surface area contributed by atoms with Crippen molar-refractivity contribution in [3.8, 4) is 5.69 Å². The molecule has 1 aliphatic heterocycles. The number of carbonyl (C=O) groups excluding carboxylic acids is 1. The minimum atomic E-state index is 0.182. The second-order valence-electron chi connectivity index (χ2n) is 5.64. The highest BCUT2D eigenvalue weighted by Crippen LogP contribution is 2.18. The highest BCUT2D eigenvalue weighted by atomic mass is 16.1. The summed E-state index contributed by atoms with van der Waals surface area (Å²) in [6.45, 7) is 2.16. The summed E-state index contributed by atoms with van der Waals surface area (Å²) in [5.41, 5.74) is 1.62. The van der Waals surface area contributed by atoms with Gasteiger partial charge in [0.25, 0.3) is 0 Å². The third kappa shape index (κ3) is 3.39. The molecule has 1 aromatic carbocycles. The van der Waals surface area contributed by atoms with Crippen LogP contribution in [0, 0.1) is 5.92 Å². The fourth-order valence-electron chi connectivity index (χ4n) is 2.92. The maximum absolute atomic E-state index is 12.5. The number of hydrogen-bond donors (Lipinski definition) is 1. The molecule has 110 valence electrons. The largest absolute Gasteiger partial charge is 0.316 e. The Bertz CT molecular complexity index is 585. The van der Waals surface area contributed by atoms with Crippen LogP contribution in [0.15, 0.2) is 42.6 Å². The van der Waals surface area contributed by atoms with Crippen molar-refractivity contribution in [1.82, 2.24) is 15.1 Å². The number of Topliss-reactive ketones (excluding diaryl/α,β-unsaturated/α-hetero) is 1. The van der Waals surface area contributed by atoms with Crippen molar-refractivity contribution in [2.45, 2.75) is 25.7 Å². The molecular weight excluding hydrogens is 262 g/mol. The molecule has 0 aliphatic carbocycles. The van der Waals surface area contributed by atoms with Gasteiger partial charge in [-0.1, -0.05) is 18.2 Å². The van der Waals surface area contributed by atoms with Gasteiger partial charge in [0.1, 0.15) is 5.69 Å². The minimum Gasteiger partial charge on any atom is -0.316 e. The summed E-state index contributed by atoms with van der Waals surface area (Å²) in [5.74, 6) is 0.817. The first-order valence-electron chi connectivity index (χ1n) is 7.68. The molecule has 2 heterocycles. The lowest BCUT2D eigenvalue weighted by molar-refractivity contribution is 0.0964. The van der Waals surface area contributed by atoms with E-state index in [2.05, 4.69) is 10.4 Å². The highest BCUT2D eigenvalue weighted by molar-refractivity contribution is 5.94. The molecule has 1 fully saturated rings. The van der Waals surface area contributed by atoms with E-state index in [0.29, 0.717) is 18.0 Å². The summed E-state index contributed by atoms with van der Waals surface area (Å²) in [4.78, 5) is 12.5. The SMILES string of the molecule is O=C(CCC1CCCNC1)c1ccnn1-c1ccccc1. The number of carbonyl (C=O) groups is 1. The molecule has 4 heteroatoms. The topological polar surface area (TPSA) is 46.9 Å². The summed E-state index contributed by atoms with van der Waals surface area (Å²) in [7, 11) is 0. The van der Waals surface area contributed by atoms with Gasteiger partial charge in [-0.3, -0.25) is 4.79 Å². The van der Waals surface area contributed by atoms with E-state index < -0.39 is 0 Å². The first-order valence-corrected chi connectivity index (χ1v) is 7.68. The molecule has 1 atom stereocenters. The molecule has 3 rings (SSSR count). The summed E-state index contributed by atoms with van der Waals surface area (Å²) in [6.07, 6.45) is 5.72. The number of rotatable bonds is 5. The minimum absolute atomic E-state index is 0.182. The quantitative estimate of drug-likeness (QED) is 0.858. The highest BCUT2D eigenvalue weighted by Gasteiger charge is 2.17. The van der Waals surface area contributed by atoms with E-state index in [1.54, 1.807) is 10.9 Å². The Kier molecular flexibility index (Phi) is 4.46. The summed E-state index contributed by atoms with van der Waals surface area (Å²) >= 11 is 0. The number of piperidine rings is 1. The van der Waals surface area contributed by atoms with Crippen molar-refractivity contribution >= 4 is 5.78 Å². The van der Waals surface area contributed by atoms with Crippen molar-refractivity contribution in [2.75, 3.05) is 13.1 Å². The van der Waals surface area contributed by atoms with Gasteiger partial charge in [-0.05, 0) is 56.5 Å². The van der Waals surface area contributed by atoms with Crippen molar-refractivity contribution in [1.29, 1.82) is 0 Å². The predicted molar refractivity (Wildman–Crippen MR) is 82.7 cm³/mol. The first-order chi connectivity index (χ1) is 10.3. The van der Waals surface area contributed by atoms with E-state index >= 15 is 0 Å². The van der Waals surface area contributed by atoms with E-state index in [9.17, 15) is 4.79 Å². The van der Waals surface area contributed by atoms with E-state index in [4.69, 9.17) is 0 Å². The van der Waals surface area contributed by atoms with Crippen LogP contribution in [0.3, 0.4) is 0 Å². The molecule has 0 saturated carbocycles. The molecule has 1 N–H and O–H groups in total. The Balaban J connectivity index is 1.66. The van der Waals surface area contributed by atoms with Gasteiger partial charge in [-0.2, -0.15) is 5.10 Å². The number of para-hydroxylation sites is 1. The second kappa shape index (κ2) is 6.68. The average molecular weight is 283 g/mol. The predicted octanol–water partition coefficient (Wildman–Crippen LogP) is 2.83. The van der Waals surface area contributed by atoms with Crippen molar-refractivity contribution < 1.29 is 4.79 Å². The lowest BCUT2D eigenvalue weighted by Gasteiger charge is -2.22. The number of ketones is 1. The van der Waals surface area contributed by atoms with Gasteiger partial charge < -0.3 is 5.32 Å². The standard InChI is InChI=1S/C17H21N3O/c21-17(9-8-14-5-4-11-18-13-14)16-10-12-19-20(16)15-6-2-1-3-7-15/h1-3,6-7,10,12,14,18H,4-5,8-9,11,13H2. The van der Waals surface area contributed by atoms with Crippen LogP contribution in [0.25, 0.3) is 5.69 Å². The molecule has 0 bridgehead atoms. The zero-order valence-electron chi connectivity index (χ0n) is 12.2. The van der Waals surface area contributed by atoms with Crippen molar-refractivity contribution in [2.24, 2.45) is 5.92 Å². The van der Waals surface area contributed by atoms with Crippen LogP contribution in [-0.4, -0.2) is 28.7 Å². The Hall–Kier alpha value is -1.94. The van der Waals surface area contributed by atoms with Crippen molar-refractivity contribution in [3.63, 3.8) is 0 Å². The average Bonchev–Trinajstić information content (AvgIpc) is 3.04. The smallest absolute Gasteiger partial charge is 0.181 e. The van der Waals surface area contributed by atoms with Gasteiger partial charge in [0.2, 0.25) is 0 Å². The molecule has 1 saturated heterocycles. The van der Waals surface area contributed by atoms with Crippen LogP contribution in [0.4, 0.5) is 0 Å². The second-order valence-corrected chi connectivity index (χ2v) is 5.64. The molecule has 4 nitrogen and oxygen atoms in total. The fourth-order valence-corrected chi connectivity index (χ4v) is 2.92. The molecule has 0 radical (unpaired) electrons. The molecule has 2 aromatic rings. The molecule has 0 amide bonds. The monoisotopic (exact) mass is 283 g/mol. The van der Waals surface area contributed by atoms with Crippen LogP contribution >= 0.6 is 0 Å². The molecule has 1 aromatic heterocycles. The van der Waals surface area contributed by atoms with E-state index in [-0.39, 0.29) is 5.78 Å². The maximum atomic E-state index is 12.5. The lowest BCUT2D eigenvalue weighted by Crippen LogP contribution is -2.30. The number of benzene rings is 1. The van der Waals surface area contributed by atoms with E-state index in [1.165, 1.54) is 12.8 Å².